The maximum absolute atomic E-state index is 8.61. The average molecular weight is 222 g/mol. The molecule has 1 fully saturated rings. The van der Waals surface area contributed by atoms with Crippen LogP contribution < -0.4 is 10.1 Å². The van der Waals surface area contributed by atoms with Crippen molar-refractivity contribution in [1.29, 1.82) is 0 Å². The van der Waals surface area contributed by atoms with Crippen molar-refractivity contribution in [2.75, 3.05) is 13.2 Å². The average Bonchev–Trinajstić information content (AvgIpc) is 3.12. The van der Waals surface area contributed by atoms with Gasteiger partial charge in [0, 0.05) is 25.6 Å². The third-order valence-electron chi connectivity index (χ3n) is 2.52. The van der Waals surface area contributed by atoms with E-state index in [2.05, 4.69) is 10.3 Å². The van der Waals surface area contributed by atoms with Gasteiger partial charge < -0.3 is 15.2 Å². The normalized spacial score (nSPS) is 15.1. The molecule has 1 aromatic rings. The Morgan fingerprint density at radius 3 is 2.94 bits per heavy atom. The molecule has 2 N–H and O–H groups in total. The number of aliphatic hydroxyl groups is 1. The highest BCUT2D eigenvalue weighted by Gasteiger charge is 2.19. The Kier molecular flexibility index (Phi) is 4.13. The Balaban J connectivity index is 1.74. The lowest BCUT2D eigenvalue weighted by atomic mass is 10.3. The van der Waals surface area contributed by atoms with Crippen LogP contribution >= 0.6 is 0 Å². The van der Waals surface area contributed by atoms with Gasteiger partial charge in [0.05, 0.1) is 18.5 Å². The van der Waals surface area contributed by atoms with Crippen LogP contribution in [0.2, 0.25) is 0 Å². The Bertz CT molecular complexity index is 309. The number of ether oxygens (including phenoxy) is 1. The largest absolute Gasteiger partial charge is 0.492 e. The second-order valence-electron chi connectivity index (χ2n) is 4.07. The molecule has 0 aliphatic heterocycles. The number of rotatable bonds is 7. The minimum absolute atomic E-state index is 0.164. The van der Waals surface area contributed by atoms with E-state index in [4.69, 9.17) is 9.84 Å². The van der Waals surface area contributed by atoms with E-state index >= 15 is 0 Å². The predicted octanol–water partition coefficient (Wildman–Crippen LogP) is 1.09. The molecule has 16 heavy (non-hydrogen) atoms. The van der Waals surface area contributed by atoms with Gasteiger partial charge >= 0.3 is 0 Å². The standard InChI is InChI=1S/C12H18N2O2/c15-6-1-7-16-12-5-4-11(14-9-12)8-13-10-2-3-10/h4-5,9-10,13,15H,1-3,6-8H2. The first-order chi connectivity index (χ1) is 7.88. The van der Waals surface area contributed by atoms with Crippen molar-refractivity contribution in [3.63, 3.8) is 0 Å². The van der Waals surface area contributed by atoms with E-state index in [-0.39, 0.29) is 6.61 Å². The van der Waals surface area contributed by atoms with Crippen molar-refractivity contribution in [2.45, 2.75) is 31.8 Å². The van der Waals surface area contributed by atoms with Gasteiger partial charge in [0.2, 0.25) is 0 Å². The zero-order chi connectivity index (χ0) is 11.2. The molecule has 0 radical (unpaired) electrons. The molecule has 88 valence electrons. The molecular formula is C12H18N2O2. The molecule has 1 heterocycles. The minimum atomic E-state index is 0.164. The lowest BCUT2D eigenvalue weighted by Crippen LogP contribution is -2.16. The number of pyridine rings is 1. The smallest absolute Gasteiger partial charge is 0.137 e. The molecule has 0 saturated heterocycles. The topological polar surface area (TPSA) is 54.4 Å². The van der Waals surface area contributed by atoms with E-state index < -0.39 is 0 Å². The highest BCUT2D eigenvalue weighted by Crippen LogP contribution is 2.19. The summed E-state index contributed by atoms with van der Waals surface area (Å²) in [4.78, 5) is 4.31. The van der Waals surface area contributed by atoms with Crippen molar-refractivity contribution in [2.24, 2.45) is 0 Å². The summed E-state index contributed by atoms with van der Waals surface area (Å²) >= 11 is 0. The van der Waals surface area contributed by atoms with E-state index in [9.17, 15) is 0 Å². The summed E-state index contributed by atoms with van der Waals surface area (Å²) in [5.74, 6) is 0.767. The van der Waals surface area contributed by atoms with Gasteiger partial charge in [0.15, 0.2) is 0 Å². The molecule has 0 unspecified atom stereocenters. The van der Waals surface area contributed by atoms with Gasteiger partial charge in [0.1, 0.15) is 5.75 Å². The SMILES string of the molecule is OCCCOc1ccc(CNC2CC2)nc1. The highest BCUT2D eigenvalue weighted by molar-refractivity contribution is 5.19. The van der Waals surface area contributed by atoms with Gasteiger partial charge in [-0.2, -0.15) is 0 Å². The van der Waals surface area contributed by atoms with Crippen LogP contribution in [0.3, 0.4) is 0 Å². The van der Waals surface area contributed by atoms with Crippen LogP contribution in [0.5, 0.6) is 5.75 Å². The first-order valence-electron chi connectivity index (χ1n) is 5.80. The van der Waals surface area contributed by atoms with Crippen molar-refractivity contribution in [3.05, 3.63) is 24.0 Å². The molecule has 1 aromatic heterocycles. The van der Waals surface area contributed by atoms with Crippen LogP contribution in [0.15, 0.2) is 18.3 Å². The summed E-state index contributed by atoms with van der Waals surface area (Å²) in [6, 6.07) is 4.61. The predicted molar refractivity (Wildman–Crippen MR) is 61.3 cm³/mol. The van der Waals surface area contributed by atoms with E-state index in [1.165, 1.54) is 12.8 Å². The second-order valence-corrected chi connectivity index (χ2v) is 4.07. The Morgan fingerprint density at radius 1 is 1.44 bits per heavy atom. The number of nitrogens with one attached hydrogen (secondary N) is 1. The fourth-order valence-corrected chi connectivity index (χ4v) is 1.39. The lowest BCUT2D eigenvalue weighted by Gasteiger charge is -2.06. The van der Waals surface area contributed by atoms with Crippen LogP contribution in [-0.4, -0.2) is 29.3 Å². The molecule has 0 aromatic carbocycles. The molecule has 0 bridgehead atoms. The van der Waals surface area contributed by atoms with Crippen LogP contribution in [0, 0.1) is 0 Å². The molecule has 0 spiro atoms. The van der Waals surface area contributed by atoms with Gasteiger partial charge in [-0.15, -0.1) is 0 Å². The van der Waals surface area contributed by atoms with Crippen LogP contribution in [0.25, 0.3) is 0 Å². The Labute approximate surface area is 95.7 Å². The number of nitrogens with zero attached hydrogens (tertiary/aromatic N) is 1. The molecule has 1 saturated carbocycles. The number of aromatic nitrogens is 1. The van der Waals surface area contributed by atoms with Crippen molar-refractivity contribution >= 4 is 0 Å². The van der Waals surface area contributed by atoms with Gasteiger partial charge in [-0.3, -0.25) is 4.98 Å². The van der Waals surface area contributed by atoms with E-state index in [1.54, 1.807) is 6.20 Å². The van der Waals surface area contributed by atoms with Crippen molar-refractivity contribution in [1.82, 2.24) is 10.3 Å². The lowest BCUT2D eigenvalue weighted by molar-refractivity contribution is 0.233. The van der Waals surface area contributed by atoms with E-state index in [0.29, 0.717) is 19.1 Å². The third-order valence-corrected chi connectivity index (χ3v) is 2.52. The molecule has 1 aliphatic carbocycles. The third kappa shape index (κ3) is 3.79. The van der Waals surface area contributed by atoms with Crippen LogP contribution in [0.4, 0.5) is 0 Å². The molecule has 0 atom stereocenters. The number of aliphatic hydroxyl groups excluding tert-OH is 1. The number of hydrogen-bond acceptors (Lipinski definition) is 4. The Hall–Kier alpha value is -1.13. The van der Waals surface area contributed by atoms with Gasteiger partial charge in [-0.1, -0.05) is 0 Å². The fraction of sp³-hybridized carbons (Fsp3) is 0.583. The molecule has 2 rings (SSSR count). The summed E-state index contributed by atoms with van der Waals surface area (Å²) in [6.07, 6.45) is 4.98. The van der Waals surface area contributed by atoms with E-state index in [1.807, 2.05) is 12.1 Å². The molecule has 0 amide bonds. The quantitative estimate of drug-likeness (QED) is 0.678. The molecular weight excluding hydrogens is 204 g/mol. The summed E-state index contributed by atoms with van der Waals surface area (Å²) in [5.41, 5.74) is 1.04. The second kappa shape index (κ2) is 5.82. The summed E-state index contributed by atoms with van der Waals surface area (Å²) in [6.45, 7) is 1.54. The van der Waals surface area contributed by atoms with Gasteiger partial charge in [0.25, 0.3) is 0 Å². The van der Waals surface area contributed by atoms with Gasteiger partial charge in [-0.25, -0.2) is 0 Å². The van der Waals surface area contributed by atoms with Crippen LogP contribution in [0.1, 0.15) is 25.0 Å². The maximum Gasteiger partial charge on any atom is 0.137 e. The fourth-order valence-electron chi connectivity index (χ4n) is 1.39. The maximum atomic E-state index is 8.61. The summed E-state index contributed by atoms with van der Waals surface area (Å²) in [5, 5.41) is 12.0. The summed E-state index contributed by atoms with van der Waals surface area (Å²) < 4.78 is 5.40. The van der Waals surface area contributed by atoms with Gasteiger partial charge in [-0.05, 0) is 25.0 Å². The zero-order valence-electron chi connectivity index (χ0n) is 9.35. The monoisotopic (exact) mass is 222 g/mol. The number of hydrogen-bond donors (Lipinski definition) is 2. The van der Waals surface area contributed by atoms with Crippen LogP contribution in [-0.2, 0) is 6.54 Å². The van der Waals surface area contributed by atoms with Crippen molar-refractivity contribution < 1.29 is 9.84 Å². The van der Waals surface area contributed by atoms with Crippen molar-refractivity contribution in [3.8, 4) is 5.75 Å². The summed E-state index contributed by atoms with van der Waals surface area (Å²) in [7, 11) is 0. The minimum Gasteiger partial charge on any atom is -0.492 e. The Morgan fingerprint density at radius 2 is 2.31 bits per heavy atom. The molecule has 4 heteroatoms. The first kappa shape index (κ1) is 11.4. The van der Waals surface area contributed by atoms with E-state index in [0.717, 1.165) is 18.0 Å². The molecule has 1 aliphatic rings. The highest BCUT2D eigenvalue weighted by atomic mass is 16.5. The zero-order valence-corrected chi connectivity index (χ0v) is 9.35. The first-order valence-corrected chi connectivity index (χ1v) is 5.80. The molecule has 4 nitrogen and oxygen atoms in total.